The molecule has 4 nitrogen and oxygen atoms in total. The van der Waals surface area contributed by atoms with E-state index in [1.807, 2.05) is 31.2 Å². The highest BCUT2D eigenvalue weighted by Gasteiger charge is 1.97. The van der Waals surface area contributed by atoms with E-state index in [1.54, 1.807) is 0 Å². The Hall–Kier alpha value is -1.84. The lowest BCUT2D eigenvalue weighted by Gasteiger charge is -2.06. The van der Waals surface area contributed by atoms with Crippen LogP contribution in [0, 0.1) is 0 Å². The van der Waals surface area contributed by atoms with E-state index in [9.17, 15) is 4.79 Å². The van der Waals surface area contributed by atoms with Crippen molar-refractivity contribution in [1.29, 1.82) is 0 Å². The molecular formula is C14H19NO3. The average Bonchev–Trinajstić information content (AvgIpc) is 2.86. The number of nitrogens with zero attached hydrogens (tertiary/aromatic N) is 1. The number of rotatable bonds is 5. The van der Waals surface area contributed by atoms with Gasteiger partial charge < -0.3 is 9.15 Å². The van der Waals surface area contributed by atoms with E-state index in [4.69, 9.17) is 4.42 Å². The van der Waals surface area contributed by atoms with Gasteiger partial charge in [0.1, 0.15) is 5.52 Å². The van der Waals surface area contributed by atoms with Crippen LogP contribution in [0.15, 0.2) is 35.1 Å². The largest absolute Gasteiger partial charge is 0.465 e. The second-order valence-corrected chi connectivity index (χ2v) is 4.01. The van der Waals surface area contributed by atoms with Crippen LogP contribution in [0.4, 0.5) is 0 Å². The molecule has 1 atom stereocenters. The Morgan fingerprint density at radius 1 is 1.44 bits per heavy atom. The molecule has 4 heteroatoms. The maximum Gasteiger partial charge on any atom is 0.293 e. The number of hydrogen-bond donors (Lipinski definition) is 0. The first-order valence-corrected chi connectivity index (χ1v) is 6.15. The van der Waals surface area contributed by atoms with Crippen molar-refractivity contribution in [3.05, 3.63) is 30.7 Å². The normalized spacial score (nSPS) is 11.4. The van der Waals surface area contributed by atoms with Gasteiger partial charge in [0.2, 0.25) is 0 Å². The number of benzene rings is 1. The molecule has 0 radical (unpaired) electrons. The lowest BCUT2D eigenvalue weighted by Crippen LogP contribution is -2.05. The van der Waals surface area contributed by atoms with E-state index in [1.165, 1.54) is 6.39 Å². The maximum atomic E-state index is 9.76. The smallest absolute Gasteiger partial charge is 0.293 e. The van der Waals surface area contributed by atoms with Crippen molar-refractivity contribution in [2.24, 2.45) is 0 Å². The van der Waals surface area contributed by atoms with Gasteiger partial charge in [0.05, 0.1) is 6.10 Å². The monoisotopic (exact) mass is 249 g/mol. The molecule has 0 amide bonds. The van der Waals surface area contributed by atoms with Gasteiger partial charge in [0.15, 0.2) is 12.0 Å². The molecule has 0 aliphatic carbocycles. The van der Waals surface area contributed by atoms with Gasteiger partial charge in [0.25, 0.3) is 6.47 Å². The molecule has 1 heterocycles. The van der Waals surface area contributed by atoms with Gasteiger partial charge in [-0.15, -0.1) is 0 Å². The zero-order valence-electron chi connectivity index (χ0n) is 10.8. The fourth-order valence-electron chi connectivity index (χ4n) is 1.46. The van der Waals surface area contributed by atoms with E-state index in [2.05, 4.69) is 16.6 Å². The number of carbonyl (C=O) groups is 1. The second kappa shape index (κ2) is 8.28. The van der Waals surface area contributed by atoms with Crippen LogP contribution in [-0.2, 0) is 9.53 Å². The molecule has 98 valence electrons. The van der Waals surface area contributed by atoms with Gasteiger partial charge in [-0.2, -0.15) is 0 Å². The number of fused-ring (bicyclic) bond motifs is 1. The second-order valence-electron chi connectivity index (χ2n) is 4.01. The number of oxazole rings is 1. The standard InChI is InChI=1S/C7H5NO.C7H14O2/c1-2-4-7-6(3-1)8-5-9-7;1-3-4-5-7(2)9-6-8/h1-5H;6-7H,3-5H2,1-2H3. The summed E-state index contributed by atoms with van der Waals surface area (Å²) in [6, 6.07) is 7.67. The molecule has 0 aliphatic rings. The van der Waals surface area contributed by atoms with Crippen molar-refractivity contribution in [3.8, 4) is 0 Å². The van der Waals surface area contributed by atoms with Crippen LogP contribution in [0.25, 0.3) is 11.1 Å². The Bertz CT molecular complexity index is 423. The first kappa shape index (κ1) is 14.2. The topological polar surface area (TPSA) is 52.3 Å². The van der Waals surface area contributed by atoms with Crippen molar-refractivity contribution in [3.63, 3.8) is 0 Å². The fourth-order valence-corrected chi connectivity index (χ4v) is 1.46. The van der Waals surface area contributed by atoms with Crippen molar-refractivity contribution >= 4 is 17.6 Å². The number of para-hydroxylation sites is 2. The molecule has 0 saturated carbocycles. The van der Waals surface area contributed by atoms with Gasteiger partial charge in [-0.3, -0.25) is 4.79 Å². The highest BCUT2D eigenvalue weighted by Crippen LogP contribution is 2.09. The van der Waals surface area contributed by atoms with Crippen LogP contribution in [0.1, 0.15) is 33.1 Å². The third-order valence-electron chi connectivity index (χ3n) is 2.49. The fraction of sp³-hybridized carbons (Fsp3) is 0.429. The first-order valence-electron chi connectivity index (χ1n) is 6.15. The van der Waals surface area contributed by atoms with Crippen LogP contribution in [0.5, 0.6) is 0 Å². The summed E-state index contributed by atoms with van der Waals surface area (Å²) in [7, 11) is 0. The zero-order valence-corrected chi connectivity index (χ0v) is 10.8. The third kappa shape index (κ3) is 4.99. The molecule has 18 heavy (non-hydrogen) atoms. The van der Waals surface area contributed by atoms with E-state index < -0.39 is 0 Å². The Balaban J connectivity index is 0.000000180. The van der Waals surface area contributed by atoms with Crippen molar-refractivity contribution < 1.29 is 13.9 Å². The third-order valence-corrected chi connectivity index (χ3v) is 2.49. The molecule has 2 aromatic rings. The Morgan fingerprint density at radius 2 is 2.22 bits per heavy atom. The predicted molar refractivity (Wildman–Crippen MR) is 70.1 cm³/mol. The Kier molecular flexibility index (Phi) is 6.54. The minimum Gasteiger partial charge on any atom is -0.465 e. The van der Waals surface area contributed by atoms with Crippen LogP contribution < -0.4 is 0 Å². The molecule has 0 bridgehead atoms. The number of carbonyl (C=O) groups excluding carboxylic acids is 1. The summed E-state index contributed by atoms with van der Waals surface area (Å²) in [4.78, 5) is 13.7. The summed E-state index contributed by atoms with van der Waals surface area (Å²) in [5.41, 5.74) is 1.76. The molecule has 1 aromatic carbocycles. The molecule has 2 rings (SSSR count). The SMILES string of the molecule is CCCCC(C)OC=O.c1ccc2ocnc2c1. The molecule has 1 unspecified atom stereocenters. The quantitative estimate of drug-likeness (QED) is 0.760. The van der Waals surface area contributed by atoms with Crippen LogP contribution in [0.3, 0.4) is 0 Å². The van der Waals surface area contributed by atoms with Gasteiger partial charge in [0, 0.05) is 0 Å². The van der Waals surface area contributed by atoms with E-state index in [-0.39, 0.29) is 6.10 Å². The molecule has 0 aliphatic heterocycles. The number of ether oxygens (including phenoxy) is 1. The van der Waals surface area contributed by atoms with Crippen LogP contribution in [0.2, 0.25) is 0 Å². The molecule has 0 saturated heterocycles. The summed E-state index contributed by atoms with van der Waals surface area (Å²) in [5, 5.41) is 0. The molecule has 1 aromatic heterocycles. The van der Waals surface area contributed by atoms with Gasteiger partial charge in [-0.05, 0) is 25.5 Å². The molecule has 0 N–H and O–H groups in total. The lowest BCUT2D eigenvalue weighted by atomic mass is 10.2. The van der Waals surface area contributed by atoms with Crippen molar-refractivity contribution in [1.82, 2.24) is 4.98 Å². The molecule has 0 fully saturated rings. The summed E-state index contributed by atoms with van der Waals surface area (Å²) in [5.74, 6) is 0. The predicted octanol–water partition coefficient (Wildman–Crippen LogP) is 3.57. The van der Waals surface area contributed by atoms with Crippen LogP contribution in [-0.4, -0.2) is 17.6 Å². The highest BCUT2D eigenvalue weighted by atomic mass is 16.5. The number of unbranched alkanes of at least 4 members (excludes halogenated alkanes) is 1. The molecule has 0 spiro atoms. The van der Waals surface area contributed by atoms with Gasteiger partial charge in [-0.1, -0.05) is 31.9 Å². The highest BCUT2D eigenvalue weighted by molar-refractivity contribution is 5.71. The molecular weight excluding hydrogens is 230 g/mol. The van der Waals surface area contributed by atoms with E-state index in [0.717, 1.165) is 30.4 Å². The van der Waals surface area contributed by atoms with E-state index >= 15 is 0 Å². The zero-order chi connectivity index (χ0) is 13.2. The minimum atomic E-state index is 0.0995. The Labute approximate surface area is 107 Å². The lowest BCUT2D eigenvalue weighted by molar-refractivity contribution is -0.133. The van der Waals surface area contributed by atoms with Crippen LogP contribution >= 0.6 is 0 Å². The number of aromatic nitrogens is 1. The first-order chi connectivity index (χ1) is 8.77. The summed E-state index contributed by atoms with van der Waals surface area (Å²) in [6.07, 6.45) is 4.82. The van der Waals surface area contributed by atoms with Crippen molar-refractivity contribution in [2.75, 3.05) is 0 Å². The maximum absolute atomic E-state index is 9.76. The summed E-state index contributed by atoms with van der Waals surface area (Å²) < 4.78 is 9.67. The van der Waals surface area contributed by atoms with Gasteiger partial charge >= 0.3 is 0 Å². The number of hydrogen-bond acceptors (Lipinski definition) is 4. The summed E-state index contributed by atoms with van der Waals surface area (Å²) >= 11 is 0. The average molecular weight is 249 g/mol. The van der Waals surface area contributed by atoms with Crippen molar-refractivity contribution in [2.45, 2.75) is 39.2 Å². The Morgan fingerprint density at radius 3 is 2.89 bits per heavy atom. The minimum absolute atomic E-state index is 0.0995. The van der Waals surface area contributed by atoms with E-state index in [0.29, 0.717) is 6.47 Å². The summed E-state index contributed by atoms with van der Waals surface area (Å²) in [6.45, 7) is 4.54. The van der Waals surface area contributed by atoms with Gasteiger partial charge in [-0.25, -0.2) is 4.98 Å².